The highest BCUT2D eigenvalue weighted by Crippen LogP contribution is 2.24. The van der Waals surface area contributed by atoms with Gasteiger partial charge in [-0.05, 0) is 19.1 Å². The third kappa shape index (κ3) is 3.60. The number of anilines is 1. The molecule has 0 saturated heterocycles. The lowest BCUT2D eigenvalue weighted by Crippen LogP contribution is -2.21. The predicted molar refractivity (Wildman–Crippen MR) is 90.6 cm³/mol. The Morgan fingerprint density at radius 3 is 2.38 bits per heavy atom. The molecule has 0 fully saturated rings. The molecule has 1 aromatic heterocycles. The second-order valence-electron chi connectivity index (χ2n) is 5.12. The molecule has 1 N–H and O–H groups in total. The number of thiazole rings is 1. The van der Waals surface area contributed by atoms with Gasteiger partial charge in [0.05, 0.1) is 23.9 Å². The Bertz CT molecular complexity index is 798. The number of hydrogen-bond donors (Lipinski definition) is 1. The molecule has 0 spiro atoms. The van der Waals surface area contributed by atoms with E-state index in [1.807, 2.05) is 0 Å². The Morgan fingerprint density at radius 2 is 1.79 bits per heavy atom. The minimum atomic E-state index is -0.598. The second kappa shape index (κ2) is 7.22. The van der Waals surface area contributed by atoms with Crippen LogP contribution in [0.1, 0.15) is 36.1 Å². The summed E-state index contributed by atoms with van der Waals surface area (Å²) in [5.41, 5.74) is 0.878. The first-order chi connectivity index (χ1) is 11.3. The van der Waals surface area contributed by atoms with Crippen LogP contribution < -0.4 is 5.32 Å². The summed E-state index contributed by atoms with van der Waals surface area (Å²) >= 11 is 1.09. The second-order valence-corrected chi connectivity index (χ2v) is 6.12. The molecule has 7 nitrogen and oxygen atoms in total. The number of carbonyl (C=O) groups is 3. The molecule has 0 radical (unpaired) electrons. The molecule has 1 heterocycles. The van der Waals surface area contributed by atoms with E-state index in [4.69, 9.17) is 0 Å². The third-order valence-electron chi connectivity index (χ3n) is 3.19. The first kappa shape index (κ1) is 17.6. The number of nitrogens with zero attached hydrogens (tertiary/aromatic N) is 2. The number of esters is 1. The summed E-state index contributed by atoms with van der Waals surface area (Å²) in [6, 6.07) is 6.32. The van der Waals surface area contributed by atoms with Crippen LogP contribution in [0.2, 0.25) is 0 Å². The van der Waals surface area contributed by atoms with Crippen LogP contribution in [-0.2, 0) is 4.74 Å². The summed E-state index contributed by atoms with van der Waals surface area (Å²) in [5, 5.41) is 2.92. The van der Waals surface area contributed by atoms with E-state index in [2.05, 4.69) is 15.0 Å². The maximum Gasteiger partial charge on any atom is 0.338 e. The predicted octanol–water partition coefficient (Wildman–Crippen LogP) is 2.19. The van der Waals surface area contributed by atoms with Crippen LogP contribution in [0.15, 0.2) is 24.3 Å². The standard InChI is InChI=1S/C16H17N3O4S/c1-9-12(14(21)19(2)3)24-16(17-9)18-13(20)10-7-5-6-8-11(10)15(22)23-4/h5-8H,1-4H3,(H,17,18,20). The third-order valence-corrected chi connectivity index (χ3v) is 4.26. The summed E-state index contributed by atoms with van der Waals surface area (Å²) in [4.78, 5) is 42.3. The zero-order valence-electron chi connectivity index (χ0n) is 13.7. The van der Waals surface area contributed by atoms with Crippen molar-refractivity contribution < 1.29 is 19.1 Å². The molecule has 2 amide bonds. The Hall–Kier alpha value is -2.74. The Kier molecular flexibility index (Phi) is 5.30. The molecule has 0 aliphatic rings. The number of rotatable bonds is 4. The van der Waals surface area contributed by atoms with Gasteiger partial charge in [0.2, 0.25) is 0 Å². The Labute approximate surface area is 143 Å². The Balaban J connectivity index is 2.27. The lowest BCUT2D eigenvalue weighted by Gasteiger charge is -2.08. The van der Waals surface area contributed by atoms with Gasteiger partial charge < -0.3 is 9.64 Å². The monoisotopic (exact) mass is 347 g/mol. The zero-order valence-corrected chi connectivity index (χ0v) is 14.6. The topological polar surface area (TPSA) is 88.6 Å². The fourth-order valence-corrected chi connectivity index (χ4v) is 2.97. The number of aryl methyl sites for hydroxylation is 1. The number of nitrogens with one attached hydrogen (secondary N) is 1. The maximum absolute atomic E-state index is 12.4. The molecule has 0 bridgehead atoms. The summed E-state index contributed by atoms with van der Waals surface area (Å²) in [6.45, 7) is 1.70. The van der Waals surface area contributed by atoms with Crippen LogP contribution in [0.5, 0.6) is 0 Å². The normalized spacial score (nSPS) is 10.2. The molecule has 2 aromatic rings. The number of benzene rings is 1. The molecule has 0 atom stereocenters. The summed E-state index contributed by atoms with van der Waals surface area (Å²) in [6.07, 6.45) is 0. The van der Waals surface area contributed by atoms with Crippen molar-refractivity contribution in [2.75, 3.05) is 26.5 Å². The van der Waals surface area contributed by atoms with E-state index in [1.165, 1.54) is 24.1 Å². The average Bonchev–Trinajstić information content (AvgIpc) is 2.93. The van der Waals surface area contributed by atoms with Gasteiger partial charge in [-0.15, -0.1) is 0 Å². The fourth-order valence-electron chi connectivity index (χ4n) is 1.98. The smallest absolute Gasteiger partial charge is 0.338 e. The van der Waals surface area contributed by atoms with E-state index >= 15 is 0 Å². The highest BCUT2D eigenvalue weighted by molar-refractivity contribution is 7.17. The Morgan fingerprint density at radius 1 is 1.17 bits per heavy atom. The zero-order chi connectivity index (χ0) is 17.9. The van der Waals surface area contributed by atoms with Crippen molar-refractivity contribution in [2.45, 2.75) is 6.92 Å². The molecule has 0 unspecified atom stereocenters. The number of ether oxygens (including phenoxy) is 1. The van der Waals surface area contributed by atoms with Gasteiger partial charge in [-0.1, -0.05) is 23.5 Å². The molecule has 2 rings (SSSR count). The lowest BCUT2D eigenvalue weighted by molar-refractivity contribution is 0.0597. The number of methoxy groups -OCH3 is 1. The van der Waals surface area contributed by atoms with Crippen molar-refractivity contribution in [3.8, 4) is 0 Å². The first-order valence-electron chi connectivity index (χ1n) is 7.03. The SMILES string of the molecule is COC(=O)c1ccccc1C(=O)Nc1nc(C)c(C(=O)N(C)C)s1. The van der Waals surface area contributed by atoms with Crippen molar-refractivity contribution in [3.05, 3.63) is 46.0 Å². The highest BCUT2D eigenvalue weighted by atomic mass is 32.1. The molecule has 126 valence electrons. The quantitative estimate of drug-likeness (QED) is 0.857. The maximum atomic E-state index is 12.4. The van der Waals surface area contributed by atoms with E-state index in [-0.39, 0.29) is 17.0 Å². The van der Waals surface area contributed by atoms with E-state index in [1.54, 1.807) is 33.2 Å². The number of amides is 2. The van der Waals surface area contributed by atoms with Gasteiger partial charge in [0.25, 0.3) is 11.8 Å². The summed E-state index contributed by atoms with van der Waals surface area (Å²) < 4.78 is 4.68. The van der Waals surface area contributed by atoms with Gasteiger partial charge >= 0.3 is 5.97 Å². The van der Waals surface area contributed by atoms with E-state index < -0.39 is 11.9 Å². The van der Waals surface area contributed by atoms with Crippen LogP contribution in [0.4, 0.5) is 5.13 Å². The molecule has 0 aliphatic heterocycles. The van der Waals surface area contributed by atoms with Gasteiger partial charge in [-0.3, -0.25) is 14.9 Å². The molecule has 8 heteroatoms. The van der Waals surface area contributed by atoms with Gasteiger partial charge in [0, 0.05) is 14.1 Å². The van der Waals surface area contributed by atoms with E-state index in [0.29, 0.717) is 15.7 Å². The van der Waals surface area contributed by atoms with Crippen molar-refractivity contribution >= 4 is 34.3 Å². The van der Waals surface area contributed by atoms with E-state index in [0.717, 1.165) is 11.3 Å². The molecule has 1 aromatic carbocycles. The molecular formula is C16H17N3O4S. The number of hydrogen-bond acceptors (Lipinski definition) is 6. The lowest BCUT2D eigenvalue weighted by atomic mass is 10.1. The van der Waals surface area contributed by atoms with Crippen molar-refractivity contribution in [3.63, 3.8) is 0 Å². The first-order valence-corrected chi connectivity index (χ1v) is 7.84. The molecule has 0 aliphatic carbocycles. The highest BCUT2D eigenvalue weighted by Gasteiger charge is 2.21. The number of aromatic nitrogens is 1. The van der Waals surface area contributed by atoms with E-state index in [9.17, 15) is 14.4 Å². The van der Waals surface area contributed by atoms with Gasteiger partial charge in [0.15, 0.2) is 5.13 Å². The van der Waals surface area contributed by atoms with Gasteiger partial charge in [-0.2, -0.15) is 0 Å². The van der Waals surface area contributed by atoms with Gasteiger partial charge in [0.1, 0.15) is 4.88 Å². The summed E-state index contributed by atoms with van der Waals surface area (Å²) in [5.74, 6) is -1.27. The molecular weight excluding hydrogens is 330 g/mol. The van der Waals surface area contributed by atoms with Crippen molar-refractivity contribution in [2.24, 2.45) is 0 Å². The van der Waals surface area contributed by atoms with Crippen molar-refractivity contribution in [1.29, 1.82) is 0 Å². The van der Waals surface area contributed by atoms with Crippen LogP contribution in [0, 0.1) is 6.92 Å². The fraction of sp³-hybridized carbons (Fsp3) is 0.250. The number of carbonyl (C=O) groups excluding carboxylic acids is 3. The molecule has 24 heavy (non-hydrogen) atoms. The molecule has 0 saturated carbocycles. The largest absolute Gasteiger partial charge is 0.465 e. The van der Waals surface area contributed by atoms with Gasteiger partial charge in [-0.25, -0.2) is 9.78 Å². The van der Waals surface area contributed by atoms with Crippen LogP contribution in [-0.4, -0.2) is 48.9 Å². The van der Waals surface area contributed by atoms with Crippen LogP contribution in [0.25, 0.3) is 0 Å². The minimum Gasteiger partial charge on any atom is -0.465 e. The minimum absolute atomic E-state index is 0.162. The van der Waals surface area contributed by atoms with Crippen LogP contribution >= 0.6 is 11.3 Å². The van der Waals surface area contributed by atoms with Crippen LogP contribution in [0.3, 0.4) is 0 Å². The average molecular weight is 347 g/mol. The summed E-state index contributed by atoms with van der Waals surface area (Å²) in [7, 11) is 4.54. The van der Waals surface area contributed by atoms with Crippen molar-refractivity contribution in [1.82, 2.24) is 9.88 Å².